The van der Waals surface area contributed by atoms with Gasteiger partial charge in [-0.2, -0.15) is 0 Å². The zero-order valence-electron chi connectivity index (χ0n) is 10.1. The molecular weight excluding hydrogens is 256 g/mol. The number of hydrogen-bond donors (Lipinski definition) is 1. The molecule has 0 aliphatic carbocycles. The molecule has 1 aromatic rings. The zero-order valence-corrected chi connectivity index (χ0v) is 10.9. The van der Waals surface area contributed by atoms with Gasteiger partial charge in [0.15, 0.2) is 0 Å². The Morgan fingerprint density at radius 1 is 1.44 bits per heavy atom. The molecule has 0 aromatic carbocycles. The smallest absolute Gasteiger partial charge is 0.308 e. The monoisotopic (exact) mass is 270 g/mol. The third-order valence-electron chi connectivity index (χ3n) is 3.19. The summed E-state index contributed by atoms with van der Waals surface area (Å²) in [6.07, 6.45) is 2.87. The lowest BCUT2D eigenvalue weighted by Gasteiger charge is -2.30. The van der Waals surface area contributed by atoms with Crippen molar-refractivity contribution in [3.63, 3.8) is 0 Å². The first kappa shape index (κ1) is 13.0. The van der Waals surface area contributed by atoms with Gasteiger partial charge in [0.05, 0.1) is 18.1 Å². The largest absolute Gasteiger partial charge is 0.469 e. The number of nitrogens with zero attached hydrogens (tertiary/aromatic N) is 1. The number of piperidine rings is 1. The molecule has 0 saturated carbocycles. The maximum absolute atomic E-state index is 12.1. The Morgan fingerprint density at radius 3 is 2.61 bits per heavy atom. The van der Waals surface area contributed by atoms with Crippen LogP contribution in [0.5, 0.6) is 0 Å². The molecule has 18 heavy (non-hydrogen) atoms. The number of rotatable bonds is 2. The number of carbonyl (C=O) groups excluding carboxylic acids is 2. The Hall–Kier alpha value is -1.49. The normalized spacial score (nSPS) is 16.7. The second-order valence-corrected chi connectivity index (χ2v) is 4.76. The number of methoxy groups -OCH3 is 1. The van der Waals surface area contributed by atoms with Gasteiger partial charge in [0, 0.05) is 19.3 Å². The minimum Gasteiger partial charge on any atom is -0.469 e. The summed E-state index contributed by atoms with van der Waals surface area (Å²) >= 11 is 5.76. The number of nitrogens with one attached hydrogen (secondary N) is 1. The molecule has 0 unspecified atom stereocenters. The van der Waals surface area contributed by atoms with Crippen LogP contribution in [0.25, 0.3) is 0 Å². The van der Waals surface area contributed by atoms with Crippen molar-refractivity contribution in [1.29, 1.82) is 0 Å². The summed E-state index contributed by atoms with van der Waals surface area (Å²) in [4.78, 5) is 28.0. The molecule has 2 heterocycles. The number of ether oxygens (including phenoxy) is 1. The molecule has 0 radical (unpaired) electrons. The van der Waals surface area contributed by atoms with Gasteiger partial charge in [0.25, 0.3) is 5.91 Å². The van der Waals surface area contributed by atoms with Crippen molar-refractivity contribution in [2.45, 2.75) is 12.8 Å². The van der Waals surface area contributed by atoms with Crippen LogP contribution >= 0.6 is 11.6 Å². The van der Waals surface area contributed by atoms with E-state index in [0.29, 0.717) is 36.6 Å². The van der Waals surface area contributed by atoms with Crippen LogP contribution in [0, 0.1) is 5.92 Å². The number of likely N-dealkylation sites (tertiary alicyclic amines) is 1. The molecule has 2 rings (SSSR count). The van der Waals surface area contributed by atoms with Gasteiger partial charge >= 0.3 is 5.97 Å². The van der Waals surface area contributed by atoms with Crippen LogP contribution in [0.2, 0.25) is 5.02 Å². The summed E-state index contributed by atoms with van der Waals surface area (Å²) in [7, 11) is 1.39. The SMILES string of the molecule is COC(=O)C1CCN(C(=O)c2cc(Cl)c[nH]2)CC1. The van der Waals surface area contributed by atoms with Gasteiger partial charge in [0.2, 0.25) is 0 Å². The first-order chi connectivity index (χ1) is 8.61. The Bertz CT molecular complexity index is 450. The summed E-state index contributed by atoms with van der Waals surface area (Å²) in [5.74, 6) is -0.360. The summed E-state index contributed by atoms with van der Waals surface area (Å²) in [6, 6.07) is 1.61. The van der Waals surface area contributed by atoms with Crippen LogP contribution in [0.15, 0.2) is 12.3 Å². The number of H-pyrrole nitrogens is 1. The van der Waals surface area contributed by atoms with Gasteiger partial charge in [-0.1, -0.05) is 11.6 Å². The van der Waals surface area contributed by atoms with E-state index in [1.807, 2.05) is 0 Å². The lowest BCUT2D eigenvalue weighted by molar-refractivity contribution is -0.146. The second-order valence-electron chi connectivity index (χ2n) is 4.32. The Labute approximate surface area is 110 Å². The fourth-order valence-electron chi connectivity index (χ4n) is 2.15. The lowest BCUT2D eigenvalue weighted by Crippen LogP contribution is -2.40. The van der Waals surface area contributed by atoms with Crippen LogP contribution in [0.1, 0.15) is 23.3 Å². The highest BCUT2D eigenvalue weighted by atomic mass is 35.5. The van der Waals surface area contributed by atoms with E-state index in [-0.39, 0.29) is 17.8 Å². The van der Waals surface area contributed by atoms with Gasteiger partial charge in [-0.15, -0.1) is 0 Å². The molecule has 1 aliphatic heterocycles. The topological polar surface area (TPSA) is 62.4 Å². The molecular formula is C12H15ClN2O3. The molecule has 1 aromatic heterocycles. The summed E-state index contributed by atoms with van der Waals surface area (Å²) < 4.78 is 4.71. The molecule has 1 fully saturated rings. The lowest BCUT2D eigenvalue weighted by atomic mass is 9.97. The maximum atomic E-state index is 12.1. The molecule has 1 amide bonds. The molecule has 1 N–H and O–H groups in total. The van der Waals surface area contributed by atoms with Gasteiger partial charge in [-0.3, -0.25) is 9.59 Å². The van der Waals surface area contributed by atoms with Crippen molar-refractivity contribution in [2.75, 3.05) is 20.2 Å². The number of aromatic amines is 1. The molecule has 98 valence electrons. The minimum absolute atomic E-state index is 0.0785. The number of amides is 1. The highest BCUT2D eigenvalue weighted by molar-refractivity contribution is 6.30. The van der Waals surface area contributed by atoms with E-state index in [9.17, 15) is 9.59 Å². The maximum Gasteiger partial charge on any atom is 0.308 e. The van der Waals surface area contributed by atoms with E-state index in [1.165, 1.54) is 7.11 Å². The molecule has 6 heteroatoms. The molecule has 0 atom stereocenters. The van der Waals surface area contributed by atoms with Crippen LogP contribution in [-0.2, 0) is 9.53 Å². The zero-order chi connectivity index (χ0) is 13.1. The number of aromatic nitrogens is 1. The molecule has 0 bridgehead atoms. The predicted octanol–water partition coefficient (Wildman–Crippen LogP) is 1.69. The van der Waals surface area contributed by atoms with Crippen molar-refractivity contribution in [3.05, 3.63) is 23.0 Å². The molecule has 1 aliphatic rings. The number of hydrogen-bond acceptors (Lipinski definition) is 3. The van der Waals surface area contributed by atoms with Gasteiger partial charge in [-0.05, 0) is 18.9 Å². The van der Waals surface area contributed by atoms with Crippen LogP contribution < -0.4 is 0 Å². The van der Waals surface area contributed by atoms with Crippen LogP contribution in [0.3, 0.4) is 0 Å². The fourth-order valence-corrected chi connectivity index (χ4v) is 2.31. The van der Waals surface area contributed by atoms with Gasteiger partial charge in [0.1, 0.15) is 5.69 Å². The number of carbonyl (C=O) groups is 2. The predicted molar refractivity (Wildman–Crippen MR) is 66.4 cm³/mol. The summed E-state index contributed by atoms with van der Waals surface area (Å²) in [6.45, 7) is 1.13. The average molecular weight is 271 g/mol. The average Bonchev–Trinajstić information content (AvgIpc) is 2.84. The van der Waals surface area contributed by atoms with Gasteiger partial charge in [-0.25, -0.2) is 0 Å². The van der Waals surface area contributed by atoms with Crippen molar-refractivity contribution in [2.24, 2.45) is 5.92 Å². The van der Waals surface area contributed by atoms with E-state index in [2.05, 4.69) is 4.98 Å². The standard InChI is InChI=1S/C12H15ClN2O3/c1-18-12(17)8-2-4-15(5-3-8)11(16)10-6-9(13)7-14-10/h6-8,14H,2-5H2,1H3. The number of esters is 1. The fraction of sp³-hybridized carbons (Fsp3) is 0.500. The number of halogens is 1. The Kier molecular flexibility index (Phi) is 3.91. The first-order valence-electron chi connectivity index (χ1n) is 5.83. The summed E-state index contributed by atoms with van der Waals surface area (Å²) in [5, 5.41) is 0.516. The quantitative estimate of drug-likeness (QED) is 0.832. The van der Waals surface area contributed by atoms with Crippen molar-refractivity contribution < 1.29 is 14.3 Å². The highest BCUT2D eigenvalue weighted by Crippen LogP contribution is 2.20. The Balaban J connectivity index is 1.94. The highest BCUT2D eigenvalue weighted by Gasteiger charge is 2.28. The van der Waals surface area contributed by atoms with E-state index < -0.39 is 0 Å². The minimum atomic E-state index is -0.190. The van der Waals surface area contributed by atoms with Crippen molar-refractivity contribution in [1.82, 2.24) is 9.88 Å². The van der Waals surface area contributed by atoms with E-state index in [4.69, 9.17) is 16.3 Å². The third-order valence-corrected chi connectivity index (χ3v) is 3.41. The van der Waals surface area contributed by atoms with Crippen molar-refractivity contribution in [3.8, 4) is 0 Å². The Morgan fingerprint density at radius 2 is 2.11 bits per heavy atom. The molecule has 0 spiro atoms. The second kappa shape index (κ2) is 5.44. The van der Waals surface area contributed by atoms with E-state index in [1.54, 1.807) is 17.2 Å². The van der Waals surface area contributed by atoms with Crippen LogP contribution in [-0.4, -0.2) is 42.0 Å². The molecule has 5 nitrogen and oxygen atoms in total. The van der Waals surface area contributed by atoms with Crippen LogP contribution in [0.4, 0.5) is 0 Å². The first-order valence-corrected chi connectivity index (χ1v) is 6.20. The van der Waals surface area contributed by atoms with Gasteiger partial charge < -0.3 is 14.6 Å². The van der Waals surface area contributed by atoms with Crippen molar-refractivity contribution >= 4 is 23.5 Å². The van der Waals surface area contributed by atoms with E-state index in [0.717, 1.165) is 0 Å². The van der Waals surface area contributed by atoms with E-state index >= 15 is 0 Å². The molecule has 1 saturated heterocycles. The third kappa shape index (κ3) is 2.67. The summed E-state index contributed by atoms with van der Waals surface area (Å²) in [5.41, 5.74) is 0.483.